The van der Waals surface area contributed by atoms with Crippen molar-refractivity contribution < 1.29 is 44.3 Å². The van der Waals surface area contributed by atoms with Gasteiger partial charge in [-0.25, -0.2) is 0 Å². The van der Waals surface area contributed by atoms with Crippen molar-refractivity contribution in [1.82, 2.24) is 0 Å². The van der Waals surface area contributed by atoms with E-state index < -0.39 is 59.3 Å². The monoisotopic (exact) mass is 497 g/mol. The van der Waals surface area contributed by atoms with Crippen molar-refractivity contribution in [2.45, 2.75) is 69.4 Å². The fraction of sp³-hybridized carbons (Fsp3) is 0.423. The molecule has 1 heterocycles. The predicted octanol–water partition coefficient (Wildman–Crippen LogP) is 1.02. The second kappa shape index (κ2) is 8.46. The number of ketones is 3. The standard InChI is InChI=1S/C26H27NO9/c1-10-22(30)16(27)7-19(35-10)36-18-9-26(34,11(2)28)8-15-13(18)6-14-21(25(15)33)23(31)12-4-3-5-17(29)20(12)24(14)32/h3-6,10,16,18-19,22,29-30,33-34H,7-9,27H2,1-2H3/t10-,16-,18-,19-,22+,26-/m0/s1. The molecule has 0 saturated carbocycles. The van der Waals surface area contributed by atoms with Gasteiger partial charge in [0.15, 0.2) is 23.6 Å². The first-order valence-corrected chi connectivity index (χ1v) is 11.7. The fourth-order valence-electron chi connectivity index (χ4n) is 5.38. The SMILES string of the molecule is CC(=O)[C@]1(O)Cc2c(cc3c(c2O)C(=O)c2cccc(O)c2C3=O)[C@@H](O[C@H]2C[C@H](N)[C@H](O)[C@H](C)O2)C1. The molecule has 0 radical (unpaired) electrons. The Morgan fingerprint density at radius 3 is 2.53 bits per heavy atom. The summed E-state index contributed by atoms with van der Waals surface area (Å²) < 4.78 is 11.8. The largest absolute Gasteiger partial charge is 0.507 e. The smallest absolute Gasteiger partial charge is 0.198 e. The van der Waals surface area contributed by atoms with E-state index in [9.17, 15) is 34.8 Å². The Hall–Kier alpha value is -3.15. The Morgan fingerprint density at radius 1 is 1.17 bits per heavy atom. The number of carbonyl (C=O) groups is 3. The van der Waals surface area contributed by atoms with Gasteiger partial charge in [0.05, 0.1) is 29.4 Å². The summed E-state index contributed by atoms with van der Waals surface area (Å²) in [5.41, 5.74) is 3.96. The molecule has 0 bridgehead atoms. The number of rotatable bonds is 3. The number of aliphatic hydroxyl groups is 2. The zero-order chi connectivity index (χ0) is 26.1. The molecular weight excluding hydrogens is 470 g/mol. The first-order chi connectivity index (χ1) is 16.9. The van der Waals surface area contributed by atoms with Crippen LogP contribution >= 0.6 is 0 Å². The van der Waals surface area contributed by atoms with Crippen molar-refractivity contribution in [2.24, 2.45) is 5.73 Å². The molecule has 0 unspecified atom stereocenters. The number of aromatic hydroxyl groups is 2. The predicted molar refractivity (Wildman–Crippen MR) is 124 cm³/mol. The number of ether oxygens (including phenoxy) is 2. The molecule has 2 aromatic carbocycles. The van der Waals surface area contributed by atoms with E-state index in [2.05, 4.69) is 0 Å². The molecule has 1 saturated heterocycles. The van der Waals surface area contributed by atoms with Crippen LogP contribution in [0.3, 0.4) is 0 Å². The first-order valence-electron chi connectivity index (χ1n) is 11.7. The summed E-state index contributed by atoms with van der Waals surface area (Å²) in [7, 11) is 0. The maximum atomic E-state index is 13.3. The Labute approximate surface area is 206 Å². The number of hydrogen-bond donors (Lipinski definition) is 5. The minimum atomic E-state index is -1.90. The van der Waals surface area contributed by atoms with Gasteiger partial charge in [0.2, 0.25) is 0 Å². The van der Waals surface area contributed by atoms with Crippen molar-refractivity contribution >= 4 is 17.3 Å². The molecule has 6 atom stereocenters. The summed E-state index contributed by atoms with van der Waals surface area (Å²) in [5, 5.41) is 42.7. The fourth-order valence-corrected chi connectivity index (χ4v) is 5.38. The summed E-state index contributed by atoms with van der Waals surface area (Å²) in [5.74, 6) is -2.73. The molecule has 10 nitrogen and oxygen atoms in total. The molecule has 0 aromatic heterocycles. The van der Waals surface area contributed by atoms with E-state index in [1.54, 1.807) is 6.92 Å². The van der Waals surface area contributed by atoms with Gasteiger partial charge >= 0.3 is 0 Å². The molecule has 1 aliphatic heterocycles. The van der Waals surface area contributed by atoms with E-state index >= 15 is 0 Å². The zero-order valence-corrected chi connectivity index (χ0v) is 19.7. The minimum absolute atomic E-state index is 0.0506. The van der Waals surface area contributed by atoms with Crippen LogP contribution < -0.4 is 5.73 Å². The number of phenols is 2. The number of benzene rings is 2. The number of aliphatic hydroxyl groups excluding tert-OH is 1. The van der Waals surface area contributed by atoms with Crippen molar-refractivity contribution in [3.8, 4) is 11.5 Å². The van der Waals surface area contributed by atoms with Gasteiger partial charge in [-0.3, -0.25) is 14.4 Å². The lowest BCUT2D eigenvalue weighted by molar-refractivity contribution is -0.247. The number of hydrogen-bond acceptors (Lipinski definition) is 10. The second-order valence-corrected chi connectivity index (χ2v) is 9.83. The second-order valence-electron chi connectivity index (χ2n) is 9.83. The maximum Gasteiger partial charge on any atom is 0.198 e. The number of phenolic OH excluding ortho intramolecular Hbond substituents is 2. The van der Waals surface area contributed by atoms with Crippen molar-refractivity contribution in [2.75, 3.05) is 0 Å². The average molecular weight is 498 g/mol. The van der Waals surface area contributed by atoms with Crippen molar-refractivity contribution in [1.29, 1.82) is 0 Å². The molecule has 6 N–H and O–H groups in total. The highest BCUT2D eigenvalue weighted by Gasteiger charge is 2.47. The number of carbonyl (C=O) groups excluding carboxylic acids is 3. The van der Waals surface area contributed by atoms with Crippen LogP contribution in [-0.4, -0.2) is 67.9 Å². The lowest BCUT2D eigenvalue weighted by Gasteiger charge is -2.41. The van der Waals surface area contributed by atoms with Gasteiger partial charge in [0.1, 0.15) is 17.1 Å². The Bertz CT molecular complexity index is 1290. The first kappa shape index (κ1) is 24.5. The Morgan fingerprint density at radius 2 is 1.86 bits per heavy atom. The summed E-state index contributed by atoms with van der Waals surface area (Å²) in [6.45, 7) is 2.86. The van der Waals surface area contributed by atoms with Gasteiger partial charge in [-0.05, 0) is 31.5 Å². The number of fused-ring (bicyclic) bond motifs is 3. The highest BCUT2D eigenvalue weighted by atomic mass is 16.7. The molecule has 0 amide bonds. The average Bonchev–Trinajstić information content (AvgIpc) is 2.81. The molecule has 2 aliphatic carbocycles. The van der Waals surface area contributed by atoms with E-state index in [0.29, 0.717) is 5.56 Å². The van der Waals surface area contributed by atoms with E-state index in [1.807, 2.05) is 0 Å². The number of nitrogens with two attached hydrogens (primary N) is 1. The molecule has 2 aromatic rings. The molecule has 1 fully saturated rings. The van der Waals surface area contributed by atoms with Gasteiger partial charge in [0, 0.05) is 42.0 Å². The van der Waals surface area contributed by atoms with E-state index in [1.165, 1.54) is 31.2 Å². The van der Waals surface area contributed by atoms with Crippen molar-refractivity contribution in [3.05, 3.63) is 57.6 Å². The van der Waals surface area contributed by atoms with Gasteiger partial charge in [-0.15, -0.1) is 0 Å². The molecule has 5 rings (SSSR count). The van der Waals surface area contributed by atoms with Crippen LogP contribution in [0.2, 0.25) is 0 Å². The van der Waals surface area contributed by atoms with Gasteiger partial charge in [0.25, 0.3) is 0 Å². The summed E-state index contributed by atoms with van der Waals surface area (Å²) in [4.78, 5) is 39.0. The topological polar surface area (TPSA) is 177 Å². The third-order valence-corrected chi connectivity index (χ3v) is 7.49. The highest BCUT2D eigenvalue weighted by molar-refractivity contribution is 6.30. The van der Waals surface area contributed by atoms with Gasteiger partial charge in [-0.2, -0.15) is 0 Å². The molecular formula is C26H27NO9. The van der Waals surface area contributed by atoms with E-state index in [0.717, 1.165) is 0 Å². The minimum Gasteiger partial charge on any atom is -0.507 e. The lowest BCUT2D eigenvalue weighted by Crippen LogP contribution is -2.52. The molecule has 190 valence electrons. The Balaban J connectivity index is 1.63. The molecule has 0 spiro atoms. The quantitative estimate of drug-likeness (QED) is 0.351. The maximum absolute atomic E-state index is 13.3. The summed E-state index contributed by atoms with van der Waals surface area (Å²) in [6, 6.07) is 4.87. The van der Waals surface area contributed by atoms with Crippen LogP contribution in [0.4, 0.5) is 0 Å². The van der Waals surface area contributed by atoms with Crippen LogP contribution in [-0.2, 0) is 20.7 Å². The van der Waals surface area contributed by atoms with Crippen LogP contribution in [0, 0.1) is 0 Å². The summed E-state index contributed by atoms with van der Waals surface area (Å²) >= 11 is 0. The lowest BCUT2D eigenvalue weighted by atomic mass is 9.72. The third-order valence-electron chi connectivity index (χ3n) is 7.49. The summed E-state index contributed by atoms with van der Waals surface area (Å²) in [6.07, 6.45) is -3.78. The molecule has 10 heteroatoms. The highest BCUT2D eigenvalue weighted by Crippen LogP contribution is 2.47. The van der Waals surface area contributed by atoms with Gasteiger partial charge < -0.3 is 35.6 Å². The third kappa shape index (κ3) is 3.64. The van der Waals surface area contributed by atoms with Crippen LogP contribution in [0.5, 0.6) is 11.5 Å². The van der Waals surface area contributed by atoms with Crippen LogP contribution in [0.15, 0.2) is 24.3 Å². The molecule has 3 aliphatic rings. The van der Waals surface area contributed by atoms with Crippen LogP contribution in [0.25, 0.3) is 0 Å². The van der Waals surface area contributed by atoms with Crippen LogP contribution in [0.1, 0.15) is 75.8 Å². The zero-order valence-electron chi connectivity index (χ0n) is 19.7. The van der Waals surface area contributed by atoms with E-state index in [4.69, 9.17) is 15.2 Å². The van der Waals surface area contributed by atoms with E-state index in [-0.39, 0.29) is 52.8 Å². The normalized spacial score (nSPS) is 31.4. The van der Waals surface area contributed by atoms with Crippen molar-refractivity contribution in [3.63, 3.8) is 0 Å². The Kier molecular flexibility index (Phi) is 5.77. The molecule has 36 heavy (non-hydrogen) atoms. The van der Waals surface area contributed by atoms with Gasteiger partial charge in [-0.1, -0.05) is 12.1 Å². The number of Topliss-reactive ketones (excluding diaryl/α,β-unsaturated/α-hetero) is 1.